The third kappa shape index (κ3) is 54.9. The maximum absolute atomic E-state index is 12.8. The zero-order valence-electron chi connectivity index (χ0n) is 45.5. The molecule has 402 valence electrons. The first-order chi connectivity index (χ1) is 33.5. The molecule has 2 unspecified atom stereocenters. The van der Waals surface area contributed by atoms with Gasteiger partial charge in [-0.25, -0.2) is 4.57 Å². The van der Waals surface area contributed by atoms with Crippen molar-refractivity contribution in [3.05, 3.63) is 60.8 Å². The van der Waals surface area contributed by atoms with Crippen molar-refractivity contribution in [3.63, 3.8) is 0 Å². The van der Waals surface area contributed by atoms with E-state index in [0.29, 0.717) is 17.4 Å². The van der Waals surface area contributed by atoms with Gasteiger partial charge in [-0.2, -0.15) is 0 Å². The molecule has 0 spiro atoms. The van der Waals surface area contributed by atoms with Gasteiger partial charge in [0.25, 0.3) is 0 Å². The average molecular weight is 991 g/mol. The van der Waals surface area contributed by atoms with E-state index < -0.39 is 26.5 Å². The van der Waals surface area contributed by atoms with Crippen molar-refractivity contribution in [1.82, 2.24) is 0 Å². The second-order valence-electron chi connectivity index (χ2n) is 20.3. The molecule has 0 saturated heterocycles. The van der Waals surface area contributed by atoms with Gasteiger partial charge in [0.05, 0.1) is 27.7 Å². The van der Waals surface area contributed by atoms with Crippen molar-refractivity contribution >= 4 is 19.8 Å². The normalized spacial score (nSPS) is 13.8. The maximum atomic E-state index is 12.8. The van der Waals surface area contributed by atoms with E-state index in [4.69, 9.17) is 18.5 Å². The Morgan fingerprint density at radius 3 is 1.25 bits per heavy atom. The van der Waals surface area contributed by atoms with Crippen LogP contribution in [-0.4, -0.2) is 74.9 Å². The van der Waals surface area contributed by atoms with Crippen LogP contribution in [0.5, 0.6) is 0 Å². The lowest BCUT2D eigenvalue weighted by molar-refractivity contribution is -0.870. The molecule has 9 nitrogen and oxygen atoms in total. The van der Waals surface area contributed by atoms with Crippen LogP contribution >= 0.6 is 7.82 Å². The van der Waals surface area contributed by atoms with Crippen LogP contribution in [0.2, 0.25) is 0 Å². The number of likely N-dealkylation sites (N-methyl/N-ethyl adjacent to an activating group) is 1. The zero-order valence-corrected chi connectivity index (χ0v) is 46.4. The SMILES string of the molecule is CC/C=C\C/C=C\C/C=C\C/C=C\CCCCCCCCCCCCCCCCCCCCCCCCC(=O)OC(COC(=O)CCCCCCC/C=C\CCC)COP(=O)(O)OCC[N+](C)(C)C. The van der Waals surface area contributed by atoms with E-state index in [0.717, 1.165) is 83.5 Å². The molecule has 10 heteroatoms. The molecule has 0 aromatic carbocycles. The molecule has 0 amide bonds. The van der Waals surface area contributed by atoms with Gasteiger partial charge in [0.15, 0.2) is 6.10 Å². The molecule has 0 aliphatic rings. The summed E-state index contributed by atoms with van der Waals surface area (Å²) >= 11 is 0. The fourth-order valence-electron chi connectivity index (χ4n) is 7.89. The average Bonchev–Trinajstić information content (AvgIpc) is 3.31. The number of allylic oxidation sites excluding steroid dienone is 10. The van der Waals surface area contributed by atoms with Crippen LogP contribution in [0.15, 0.2) is 60.8 Å². The Hall–Kier alpha value is -2.29. The number of esters is 2. The van der Waals surface area contributed by atoms with Gasteiger partial charge < -0.3 is 18.9 Å². The number of carbonyl (C=O) groups excluding carboxylic acids is 2. The molecule has 0 bridgehead atoms. The van der Waals surface area contributed by atoms with E-state index >= 15 is 0 Å². The smallest absolute Gasteiger partial charge is 0.462 e. The fourth-order valence-corrected chi connectivity index (χ4v) is 8.63. The summed E-state index contributed by atoms with van der Waals surface area (Å²) in [5.74, 6) is -0.803. The maximum Gasteiger partial charge on any atom is 0.472 e. The summed E-state index contributed by atoms with van der Waals surface area (Å²) in [6.45, 7) is 4.26. The minimum Gasteiger partial charge on any atom is -0.462 e. The van der Waals surface area contributed by atoms with Crippen molar-refractivity contribution in [3.8, 4) is 0 Å². The van der Waals surface area contributed by atoms with Crippen molar-refractivity contribution in [2.75, 3.05) is 47.5 Å². The molecule has 0 aromatic rings. The summed E-state index contributed by atoms with van der Waals surface area (Å²) in [4.78, 5) is 35.5. The van der Waals surface area contributed by atoms with E-state index in [9.17, 15) is 19.0 Å². The summed E-state index contributed by atoms with van der Waals surface area (Å²) in [7, 11) is 1.48. The number of phosphoric ester groups is 1. The first-order valence-corrected chi connectivity index (χ1v) is 30.0. The summed E-state index contributed by atoms with van der Waals surface area (Å²) in [6.07, 6.45) is 64.7. The third-order valence-corrected chi connectivity index (χ3v) is 13.2. The number of nitrogens with zero attached hydrogens (tertiary/aromatic N) is 1. The standard InChI is InChI=1S/C59H108NO8P/c1-6-8-10-12-14-16-18-19-20-21-22-23-24-25-26-27-28-29-30-31-32-33-34-35-36-37-38-39-40-41-42-44-46-48-50-52-59(62)68-57(56-67-69(63,64)66-54-53-60(3,4)5)55-65-58(61)51-49-47-45-43-17-15-13-11-9-7-2/h8,10-11,13-14,16,19-20,22-23,57H,6-7,9,12,15,17-18,21,24-56H2,1-5H3/p+1/b10-8-,13-11-,16-14-,20-19-,23-22-. The minimum atomic E-state index is -4.38. The Labute approximate surface area is 426 Å². The second-order valence-corrected chi connectivity index (χ2v) is 21.7. The van der Waals surface area contributed by atoms with Gasteiger partial charge in [0, 0.05) is 12.8 Å². The molecule has 0 heterocycles. The van der Waals surface area contributed by atoms with Gasteiger partial charge in [-0.3, -0.25) is 18.6 Å². The summed E-state index contributed by atoms with van der Waals surface area (Å²) < 4.78 is 34.4. The highest BCUT2D eigenvalue weighted by atomic mass is 31.2. The lowest BCUT2D eigenvalue weighted by Crippen LogP contribution is -2.37. The van der Waals surface area contributed by atoms with Crippen molar-refractivity contribution in [2.45, 2.75) is 258 Å². The Morgan fingerprint density at radius 2 is 0.826 bits per heavy atom. The van der Waals surface area contributed by atoms with Crippen LogP contribution in [0.4, 0.5) is 0 Å². The Kier molecular flexibility index (Phi) is 49.0. The highest BCUT2D eigenvalue weighted by molar-refractivity contribution is 7.47. The molecule has 2 atom stereocenters. The van der Waals surface area contributed by atoms with Crippen LogP contribution in [0, 0.1) is 0 Å². The predicted octanol–water partition coefficient (Wildman–Crippen LogP) is 17.5. The number of unbranched alkanes of at least 4 members (excludes halogenated alkanes) is 28. The van der Waals surface area contributed by atoms with Gasteiger partial charge in [-0.05, 0) is 70.6 Å². The first-order valence-electron chi connectivity index (χ1n) is 28.5. The molecule has 0 aliphatic heterocycles. The quantitative estimate of drug-likeness (QED) is 0.0211. The molecular formula is C59H109NO8P+. The number of rotatable bonds is 52. The highest BCUT2D eigenvalue weighted by Crippen LogP contribution is 2.43. The molecule has 0 aliphatic carbocycles. The number of phosphoric acid groups is 1. The molecule has 69 heavy (non-hydrogen) atoms. The van der Waals surface area contributed by atoms with Crippen LogP contribution in [-0.2, 0) is 32.7 Å². The van der Waals surface area contributed by atoms with Gasteiger partial charge in [0.1, 0.15) is 19.8 Å². The molecular weight excluding hydrogens is 882 g/mol. The fraction of sp³-hybridized carbons (Fsp3) is 0.797. The number of hydrogen-bond acceptors (Lipinski definition) is 7. The highest BCUT2D eigenvalue weighted by Gasteiger charge is 2.27. The van der Waals surface area contributed by atoms with Crippen molar-refractivity contribution < 1.29 is 42.1 Å². The predicted molar refractivity (Wildman–Crippen MR) is 293 cm³/mol. The topological polar surface area (TPSA) is 108 Å². The Bertz CT molecular complexity index is 1350. The lowest BCUT2D eigenvalue weighted by Gasteiger charge is -2.24. The first kappa shape index (κ1) is 66.7. The summed E-state index contributed by atoms with van der Waals surface area (Å²) in [5.41, 5.74) is 0. The lowest BCUT2D eigenvalue weighted by atomic mass is 10.0. The van der Waals surface area contributed by atoms with Gasteiger partial charge in [0.2, 0.25) is 0 Å². The molecule has 0 aromatic heterocycles. The second kappa shape index (κ2) is 50.6. The van der Waals surface area contributed by atoms with Crippen molar-refractivity contribution in [2.24, 2.45) is 0 Å². The zero-order chi connectivity index (χ0) is 50.6. The third-order valence-electron chi connectivity index (χ3n) is 12.3. The number of quaternary nitrogens is 1. The Morgan fingerprint density at radius 1 is 0.464 bits per heavy atom. The van der Waals surface area contributed by atoms with Crippen LogP contribution in [0.25, 0.3) is 0 Å². The van der Waals surface area contributed by atoms with Crippen LogP contribution < -0.4 is 0 Å². The van der Waals surface area contributed by atoms with E-state index in [1.54, 1.807) is 0 Å². The van der Waals surface area contributed by atoms with E-state index in [-0.39, 0.29) is 32.0 Å². The van der Waals surface area contributed by atoms with Crippen LogP contribution in [0.3, 0.4) is 0 Å². The van der Waals surface area contributed by atoms with Crippen molar-refractivity contribution in [1.29, 1.82) is 0 Å². The monoisotopic (exact) mass is 991 g/mol. The van der Waals surface area contributed by atoms with Gasteiger partial charge in [-0.15, -0.1) is 0 Å². The van der Waals surface area contributed by atoms with Crippen LogP contribution in [0.1, 0.15) is 251 Å². The number of hydrogen-bond donors (Lipinski definition) is 1. The molecule has 1 N–H and O–H groups in total. The number of ether oxygens (including phenoxy) is 2. The molecule has 0 radical (unpaired) electrons. The van der Waals surface area contributed by atoms with Gasteiger partial charge >= 0.3 is 19.8 Å². The largest absolute Gasteiger partial charge is 0.472 e. The van der Waals surface area contributed by atoms with E-state index in [1.165, 1.54) is 135 Å². The van der Waals surface area contributed by atoms with E-state index in [2.05, 4.69) is 74.6 Å². The number of carbonyl (C=O) groups is 2. The molecule has 0 saturated carbocycles. The van der Waals surface area contributed by atoms with Gasteiger partial charge in [-0.1, -0.05) is 229 Å². The molecule has 0 rings (SSSR count). The summed E-state index contributed by atoms with van der Waals surface area (Å²) in [5, 5.41) is 0. The molecule has 0 fully saturated rings. The Balaban J connectivity index is 3.92. The summed E-state index contributed by atoms with van der Waals surface area (Å²) in [6, 6.07) is 0. The van der Waals surface area contributed by atoms with E-state index in [1.807, 2.05) is 21.1 Å². The minimum absolute atomic E-state index is 0.0309.